The van der Waals surface area contributed by atoms with Gasteiger partial charge in [-0.25, -0.2) is 0 Å². The molecule has 1 amide bonds. The summed E-state index contributed by atoms with van der Waals surface area (Å²) >= 11 is 6.77. The van der Waals surface area contributed by atoms with Crippen LogP contribution in [0.3, 0.4) is 0 Å². The lowest BCUT2D eigenvalue weighted by atomic mass is 10.0. The summed E-state index contributed by atoms with van der Waals surface area (Å²) in [6, 6.07) is 12.6. The summed E-state index contributed by atoms with van der Waals surface area (Å²) in [5.74, 6) is -0.0687. The molecular weight excluding hydrogens is 384 g/mol. The zero-order chi connectivity index (χ0) is 19.2. The van der Waals surface area contributed by atoms with Crippen LogP contribution < -0.4 is 5.32 Å². The molecule has 7 nitrogen and oxygen atoms in total. The molecule has 0 saturated carbocycles. The van der Waals surface area contributed by atoms with Gasteiger partial charge in [-0.05, 0) is 29.2 Å². The summed E-state index contributed by atoms with van der Waals surface area (Å²) in [5, 5.41) is 11.8. The van der Waals surface area contributed by atoms with Crippen molar-refractivity contribution in [2.24, 2.45) is 0 Å². The zero-order valence-electron chi connectivity index (χ0n) is 14.5. The lowest BCUT2D eigenvalue weighted by molar-refractivity contribution is -0.141. The number of rotatable bonds is 7. The highest BCUT2D eigenvalue weighted by Gasteiger charge is 2.20. The van der Waals surface area contributed by atoms with E-state index in [-0.39, 0.29) is 18.9 Å². The SMILES string of the molecule is COC(=O)C[C@@H](NC(=O)Cn1c(-c2cccs2)n[nH]c1=S)c1ccccc1. The summed E-state index contributed by atoms with van der Waals surface area (Å²) in [5.41, 5.74) is 0.825. The second-order valence-corrected chi connectivity index (χ2v) is 7.06. The van der Waals surface area contributed by atoms with Gasteiger partial charge in [0.05, 0.1) is 24.4 Å². The molecule has 0 spiro atoms. The van der Waals surface area contributed by atoms with Crippen molar-refractivity contribution in [2.45, 2.75) is 19.0 Å². The van der Waals surface area contributed by atoms with Crippen LogP contribution in [0.4, 0.5) is 0 Å². The number of ether oxygens (including phenoxy) is 1. The third kappa shape index (κ3) is 4.69. The highest BCUT2D eigenvalue weighted by atomic mass is 32.1. The molecule has 1 atom stereocenters. The van der Waals surface area contributed by atoms with Gasteiger partial charge in [0.25, 0.3) is 0 Å². The topological polar surface area (TPSA) is 89.0 Å². The monoisotopic (exact) mass is 402 g/mol. The number of aromatic nitrogens is 3. The molecule has 0 unspecified atom stereocenters. The zero-order valence-corrected chi connectivity index (χ0v) is 16.2. The van der Waals surface area contributed by atoms with E-state index in [4.69, 9.17) is 17.0 Å². The number of hydrogen-bond acceptors (Lipinski definition) is 6. The number of methoxy groups -OCH3 is 1. The Morgan fingerprint density at radius 3 is 2.74 bits per heavy atom. The first-order valence-corrected chi connectivity index (χ1v) is 9.47. The molecule has 27 heavy (non-hydrogen) atoms. The Balaban J connectivity index is 1.78. The smallest absolute Gasteiger partial charge is 0.307 e. The van der Waals surface area contributed by atoms with Crippen molar-refractivity contribution in [3.8, 4) is 10.7 Å². The molecule has 2 N–H and O–H groups in total. The number of benzene rings is 1. The van der Waals surface area contributed by atoms with Gasteiger partial charge in [-0.1, -0.05) is 36.4 Å². The minimum Gasteiger partial charge on any atom is -0.469 e. The summed E-state index contributed by atoms with van der Waals surface area (Å²) in [7, 11) is 1.32. The largest absolute Gasteiger partial charge is 0.469 e. The lowest BCUT2D eigenvalue weighted by Crippen LogP contribution is -2.33. The number of amides is 1. The summed E-state index contributed by atoms with van der Waals surface area (Å²) in [4.78, 5) is 25.3. The number of esters is 1. The predicted molar refractivity (Wildman–Crippen MR) is 105 cm³/mol. The number of carbonyl (C=O) groups excluding carboxylic acids is 2. The first kappa shape index (κ1) is 19.0. The molecule has 140 valence electrons. The van der Waals surface area contributed by atoms with E-state index in [9.17, 15) is 9.59 Å². The van der Waals surface area contributed by atoms with Crippen molar-refractivity contribution >= 4 is 35.4 Å². The Hall–Kier alpha value is -2.78. The minimum absolute atomic E-state index is 0.00687. The molecule has 0 aliphatic heterocycles. The fourth-order valence-corrected chi connectivity index (χ4v) is 3.55. The summed E-state index contributed by atoms with van der Waals surface area (Å²) < 4.78 is 6.75. The summed E-state index contributed by atoms with van der Waals surface area (Å²) in [6.45, 7) is -0.00687. The van der Waals surface area contributed by atoms with E-state index in [1.165, 1.54) is 18.4 Å². The highest BCUT2D eigenvalue weighted by Crippen LogP contribution is 2.23. The Morgan fingerprint density at radius 2 is 2.07 bits per heavy atom. The van der Waals surface area contributed by atoms with Gasteiger partial charge in [-0.2, -0.15) is 5.10 Å². The van der Waals surface area contributed by atoms with Crippen LogP contribution in [-0.4, -0.2) is 33.8 Å². The maximum atomic E-state index is 12.7. The van der Waals surface area contributed by atoms with Gasteiger partial charge >= 0.3 is 5.97 Å². The fraction of sp³-hybridized carbons (Fsp3) is 0.222. The molecule has 0 aliphatic carbocycles. The van der Waals surface area contributed by atoms with Crippen LogP contribution in [0.5, 0.6) is 0 Å². The van der Waals surface area contributed by atoms with E-state index in [1.807, 2.05) is 47.8 Å². The number of thiophene rings is 1. The molecule has 0 aliphatic rings. The van der Waals surface area contributed by atoms with Crippen molar-refractivity contribution < 1.29 is 14.3 Å². The molecular formula is C18H18N4O3S2. The van der Waals surface area contributed by atoms with E-state index >= 15 is 0 Å². The molecule has 3 rings (SSSR count). The van der Waals surface area contributed by atoms with Crippen LogP contribution in [-0.2, 0) is 20.9 Å². The quantitative estimate of drug-likeness (QED) is 0.468. The molecule has 2 aromatic heterocycles. The van der Waals surface area contributed by atoms with Crippen molar-refractivity contribution in [1.29, 1.82) is 0 Å². The molecule has 0 radical (unpaired) electrons. The first-order chi connectivity index (χ1) is 13.1. The van der Waals surface area contributed by atoms with Gasteiger partial charge in [-0.3, -0.25) is 19.3 Å². The maximum Gasteiger partial charge on any atom is 0.307 e. The molecule has 9 heteroatoms. The third-order valence-electron chi connectivity index (χ3n) is 3.94. The van der Waals surface area contributed by atoms with Gasteiger partial charge in [0.1, 0.15) is 6.54 Å². The van der Waals surface area contributed by atoms with Gasteiger partial charge in [0, 0.05) is 0 Å². The van der Waals surface area contributed by atoms with E-state index in [0.717, 1.165) is 10.4 Å². The van der Waals surface area contributed by atoms with Gasteiger partial charge in [-0.15, -0.1) is 11.3 Å². The number of H-pyrrole nitrogens is 1. The van der Waals surface area contributed by atoms with E-state index in [0.29, 0.717) is 10.6 Å². The van der Waals surface area contributed by atoms with E-state index < -0.39 is 12.0 Å². The Morgan fingerprint density at radius 1 is 1.30 bits per heavy atom. The molecule has 0 fully saturated rings. The molecule has 0 saturated heterocycles. The Kier molecular flexibility index (Phi) is 6.15. The number of aromatic amines is 1. The normalized spacial score (nSPS) is 11.7. The van der Waals surface area contributed by atoms with Crippen molar-refractivity contribution in [3.63, 3.8) is 0 Å². The molecule has 0 bridgehead atoms. The van der Waals surface area contributed by atoms with Gasteiger partial charge in [0.2, 0.25) is 5.91 Å². The van der Waals surface area contributed by atoms with Crippen LogP contribution >= 0.6 is 23.6 Å². The number of carbonyl (C=O) groups is 2. The Labute approximate surface area is 165 Å². The van der Waals surface area contributed by atoms with Crippen LogP contribution in [0, 0.1) is 4.77 Å². The second kappa shape index (κ2) is 8.74. The van der Waals surface area contributed by atoms with Crippen molar-refractivity contribution in [1.82, 2.24) is 20.1 Å². The fourth-order valence-electron chi connectivity index (χ4n) is 2.63. The maximum absolute atomic E-state index is 12.7. The average Bonchev–Trinajstić information content (AvgIpc) is 3.32. The van der Waals surface area contributed by atoms with E-state index in [1.54, 1.807) is 4.57 Å². The van der Waals surface area contributed by atoms with Crippen LogP contribution in [0.2, 0.25) is 0 Å². The second-order valence-electron chi connectivity index (χ2n) is 5.73. The minimum atomic E-state index is -0.489. The lowest BCUT2D eigenvalue weighted by Gasteiger charge is -2.18. The number of hydrogen-bond donors (Lipinski definition) is 2. The first-order valence-electron chi connectivity index (χ1n) is 8.18. The van der Waals surface area contributed by atoms with Crippen LogP contribution in [0.25, 0.3) is 10.7 Å². The molecule has 2 heterocycles. The van der Waals surface area contributed by atoms with Crippen molar-refractivity contribution in [2.75, 3.05) is 7.11 Å². The highest BCUT2D eigenvalue weighted by molar-refractivity contribution is 7.71. The molecule has 1 aromatic carbocycles. The number of nitrogens with zero attached hydrogens (tertiary/aromatic N) is 2. The number of nitrogens with one attached hydrogen (secondary N) is 2. The van der Waals surface area contributed by atoms with Crippen LogP contribution in [0.15, 0.2) is 47.8 Å². The summed E-state index contributed by atoms with van der Waals surface area (Å²) in [6.07, 6.45) is 0.0425. The molecule has 3 aromatic rings. The average molecular weight is 403 g/mol. The third-order valence-corrected chi connectivity index (χ3v) is 5.11. The van der Waals surface area contributed by atoms with Crippen molar-refractivity contribution in [3.05, 3.63) is 58.2 Å². The standard InChI is InChI=1S/C18H18N4O3S2/c1-25-16(24)10-13(12-6-3-2-4-7-12)19-15(23)11-22-17(20-21-18(22)26)14-8-5-9-27-14/h2-9,13H,10-11H2,1H3,(H,19,23)(H,21,26)/t13-/m1/s1. The van der Waals surface area contributed by atoms with Gasteiger partial charge < -0.3 is 10.1 Å². The van der Waals surface area contributed by atoms with Crippen LogP contribution in [0.1, 0.15) is 18.0 Å². The Bertz CT molecular complexity index is 964. The van der Waals surface area contributed by atoms with E-state index in [2.05, 4.69) is 15.5 Å². The predicted octanol–water partition coefficient (Wildman–Crippen LogP) is 3.09. The van der Waals surface area contributed by atoms with Gasteiger partial charge in [0.15, 0.2) is 10.6 Å².